The van der Waals surface area contributed by atoms with Gasteiger partial charge in [0.15, 0.2) is 0 Å². The maximum Gasteiger partial charge on any atom is 0.307 e. The van der Waals surface area contributed by atoms with Gasteiger partial charge in [-0.3, -0.25) is 9.59 Å². The van der Waals surface area contributed by atoms with Gasteiger partial charge in [0.05, 0.1) is 11.8 Å². The van der Waals surface area contributed by atoms with Crippen LogP contribution in [0, 0.1) is 11.8 Å². The molecule has 5 heteroatoms. The van der Waals surface area contributed by atoms with Crippen LogP contribution in [0.1, 0.15) is 12.8 Å². The van der Waals surface area contributed by atoms with Crippen LogP contribution in [0.3, 0.4) is 0 Å². The summed E-state index contributed by atoms with van der Waals surface area (Å²) in [5.74, 6) is -2.30. The number of nitrogens with one attached hydrogen (secondary N) is 1. The van der Waals surface area contributed by atoms with E-state index in [0.29, 0.717) is 18.5 Å². The van der Waals surface area contributed by atoms with Crippen LogP contribution in [0.5, 0.6) is 0 Å². The number of rotatable bonds is 3. The zero-order valence-corrected chi connectivity index (χ0v) is 11.8. The van der Waals surface area contributed by atoms with Crippen molar-refractivity contribution in [2.24, 2.45) is 11.8 Å². The van der Waals surface area contributed by atoms with E-state index < -0.39 is 17.8 Å². The second-order valence-electron chi connectivity index (χ2n) is 4.49. The molecule has 0 heterocycles. The van der Waals surface area contributed by atoms with Gasteiger partial charge in [0.2, 0.25) is 5.91 Å². The average Bonchev–Trinajstić information content (AvgIpc) is 2.41. The van der Waals surface area contributed by atoms with E-state index in [1.807, 2.05) is 24.3 Å². The van der Waals surface area contributed by atoms with Crippen LogP contribution < -0.4 is 5.32 Å². The van der Waals surface area contributed by atoms with E-state index >= 15 is 0 Å². The quantitative estimate of drug-likeness (QED) is 0.840. The second-order valence-corrected chi connectivity index (χ2v) is 5.41. The van der Waals surface area contributed by atoms with Crippen molar-refractivity contribution in [3.63, 3.8) is 0 Å². The maximum atomic E-state index is 12.1. The molecule has 1 aliphatic rings. The highest BCUT2D eigenvalue weighted by Gasteiger charge is 2.33. The fourth-order valence-electron chi connectivity index (χ4n) is 2.15. The van der Waals surface area contributed by atoms with Crippen molar-refractivity contribution in [1.82, 2.24) is 0 Å². The largest absolute Gasteiger partial charge is 0.481 e. The molecule has 0 saturated carbocycles. The molecule has 19 heavy (non-hydrogen) atoms. The number of carbonyl (C=O) groups is 2. The summed E-state index contributed by atoms with van der Waals surface area (Å²) in [5.41, 5.74) is 0.673. The topological polar surface area (TPSA) is 66.4 Å². The molecule has 2 rings (SSSR count). The Morgan fingerprint density at radius 1 is 1.11 bits per heavy atom. The van der Waals surface area contributed by atoms with Crippen molar-refractivity contribution in [2.45, 2.75) is 12.8 Å². The number of anilines is 1. The average molecular weight is 324 g/mol. The summed E-state index contributed by atoms with van der Waals surface area (Å²) in [6, 6.07) is 7.20. The highest BCUT2D eigenvalue weighted by atomic mass is 79.9. The summed E-state index contributed by atoms with van der Waals surface area (Å²) in [4.78, 5) is 23.3. The molecule has 0 fully saturated rings. The number of amides is 1. The highest BCUT2D eigenvalue weighted by Crippen LogP contribution is 2.27. The number of hydrogen-bond donors (Lipinski definition) is 2. The first-order chi connectivity index (χ1) is 9.08. The minimum absolute atomic E-state index is 0.237. The fraction of sp³-hybridized carbons (Fsp3) is 0.286. The summed E-state index contributed by atoms with van der Waals surface area (Å²) in [5, 5.41) is 11.9. The normalized spacial score (nSPS) is 21.9. The molecule has 1 aromatic rings. The third-order valence-electron chi connectivity index (χ3n) is 3.20. The van der Waals surface area contributed by atoms with E-state index in [1.165, 1.54) is 0 Å². The molecule has 1 amide bonds. The van der Waals surface area contributed by atoms with Gasteiger partial charge in [-0.2, -0.15) is 0 Å². The van der Waals surface area contributed by atoms with Crippen molar-refractivity contribution in [3.8, 4) is 0 Å². The molecule has 1 aromatic carbocycles. The first-order valence-corrected chi connectivity index (χ1v) is 6.81. The van der Waals surface area contributed by atoms with E-state index in [1.54, 1.807) is 12.1 Å². The number of hydrogen-bond acceptors (Lipinski definition) is 2. The van der Waals surface area contributed by atoms with Gasteiger partial charge in [0, 0.05) is 10.2 Å². The van der Waals surface area contributed by atoms with E-state index in [4.69, 9.17) is 5.11 Å². The molecule has 0 spiro atoms. The van der Waals surface area contributed by atoms with Gasteiger partial charge in [-0.05, 0) is 37.1 Å². The Balaban J connectivity index is 2.08. The Morgan fingerprint density at radius 2 is 1.68 bits per heavy atom. The Kier molecular flexibility index (Phi) is 4.37. The van der Waals surface area contributed by atoms with Crippen molar-refractivity contribution >= 4 is 33.5 Å². The van der Waals surface area contributed by atoms with E-state index in [-0.39, 0.29) is 5.91 Å². The predicted octanol–water partition coefficient (Wildman–Crippen LogP) is 3.05. The maximum absolute atomic E-state index is 12.1. The third kappa shape index (κ3) is 3.44. The Labute approximate surface area is 119 Å². The summed E-state index contributed by atoms with van der Waals surface area (Å²) >= 11 is 3.32. The molecular weight excluding hydrogens is 310 g/mol. The number of allylic oxidation sites excluding steroid dienone is 2. The number of carboxylic acids is 1. The Bertz CT molecular complexity index is 510. The summed E-state index contributed by atoms with van der Waals surface area (Å²) < 4.78 is 0.925. The van der Waals surface area contributed by atoms with Gasteiger partial charge < -0.3 is 10.4 Å². The van der Waals surface area contributed by atoms with Gasteiger partial charge >= 0.3 is 5.97 Å². The van der Waals surface area contributed by atoms with E-state index in [0.717, 1.165) is 4.47 Å². The molecule has 0 aromatic heterocycles. The van der Waals surface area contributed by atoms with E-state index in [2.05, 4.69) is 21.2 Å². The molecule has 2 N–H and O–H groups in total. The predicted molar refractivity (Wildman–Crippen MR) is 75.8 cm³/mol. The number of halogens is 1. The van der Waals surface area contributed by atoms with Crippen LogP contribution in [0.15, 0.2) is 40.9 Å². The van der Waals surface area contributed by atoms with Gasteiger partial charge in [-0.15, -0.1) is 0 Å². The second kappa shape index (κ2) is 6.02. The van der Waals surface area contributed by atoms with Crippen molar-refractivity contribution in [2.75, 3.05) is 5.32 Å². The lowest BCUT2D eigenvalue weighted by molar-refractivity contribution is -0.146. The summed E-state index contributed by atoms with van der Waals surface area (Å²) in [7, 11) is 0. The lowest BCUT2D eigenvalue weighted by Gasteiger charge is -2.24. The molecule has 0 radical (unpaired) electrons. The SMILES string of the molecule is O=C(O)[C@H]1CC=CC[C@@H]1C(=O)Nc1ccc(Br)cc1. The highest BCUT2D eigenvalue weighted by molar-refractivity contribution is 9.10. The smallest absolute Gasteiger partial charge is 0.307 e. The monoisotopic (exact) mass is 323 g/mol. The fourth-order valence-corrected chi connectivity index (χ4v) is 2.41. The molecule has 0 bridgehead atoms. The van der Waals surface area contributed by atoms with Crippen LogP contribution >= 0.6 is 15.9 Å². The molecule has 1 aliphatic carbocycles. The Morgan fingerprint density at radius 3 is 2.26 bits per heavy atom. The minimum Gasteiger partial charge on any atom is -0.481 e. The lowest BCUT2D eigenvalue weighted by Crippen LogP contribution is -2.34. The number of benzene rings is 1. The molecule has 0 unspecified atom stereocenters. The number of carbonyl (C=O) groups excluding carboxylic acids is 1. The molecular formula is C14H14BrNO3. The van der Waals surface area contributed by atoms with Crippen molar-refractivity contribution in [3.05, 3.63) is 40.9 Å². The Hall–Kier alpha value is -1.62. The lowest BCUT2D eigenvalue weighted by atomic mass is 9.82. The van der Waals surface area contributed by atoms with Crippen LogP contribution in [0.2, 0.25) is 0 Å². The standard InChI is InChI=1S/C14H14BrNO3/c15-9-5-7-10(8-6-9)16-13(17)11-3-1-2-4-12(11)14(18)19/h1-2,5-8,11-12H,3-4H2,(H,16,17)(H,18,19)/t11-,12-/m0/s1. The van der Waals surface area contributed by atoms with Crippen molar-refractivity contribution in [1.29, 1.82) is 0 Å². The number of aliphatic carboxylic acids is 1. The molecule has 4 nitrogen and oxygen atoms in total. The summed E-state index contributed by atoms with van der Waals surface area (Å²) in [6.07, 6.45) is 4.57. The molecule has 2 atom stereocenters. The van der Waals surface area contributed by atoms with Crippen LogP contribution in [0.25, 0.3) is 0 Å². The van der Waals surface area contributed by atoms with Crippen molar-refractivity contribution < 1.29 is 14.7 Å². The van der Waals surface area contributed by atoms with Gasteiger partial charge in [0.1, 0.15) is 0 Å². The van der Waals surface area contributed by atoms with Crippen LogP contribution in [-0.2, 0) is 9.59 Å². The zero-order valence-electron chi connectivity index (χ0n) is 10.2. The summed E-state index contributed by atoms with van der Waals surface area (Å²) in [6.45, 7) is 0. The van der Waals surface area contributed by atoms with Crippen LogP contribution in [-0.4, -0.2) is 17.0 Å². The first-order valence-electron chi connectivity index (χ1n) is 6.02. The zero-order chi connectivity index (χ0) is 13.8. The molecule has 100 valence electrons. The minimum atomic E-state index is -0.916. The van der Waals surface area contributed by atoms with E-state index in [9.17, 15) is 9.59 Å². The number of carboxylic acid groups (broad SMARTS) is 1. The van der Waals surface area contributed by atoms with Gasteiger partial charge in [-0.1, -0.05) is 28.1 Å². The third-order valence-corrected chi connectivity index (χ3v) is 3.73. The molecule has 0 saturated heterocycles. The van der Waals surface area contributed by atoms with Crippen LogP contribution in [0.4, 0.5) is 5.69 Å². The van der Waals surface area contributed by atoms with Gasteiger partial charge in [0.25, 0.3) is 0 Å². The van der Waals surface area contributed by atoms with Gasteiger partial charge in [-0.25, -0.2) is 0 Å². The molecule has 0 aliphatic heterocycles. The first kappa shape index (κ1) is 13.8.